The maximum atomic E-state index is 12.8. The minimum Gasteiger partial charge on any atom is -0.322 e. The molecule has 4 aliphatic heterocycles. The van der Waals surface area contributed by atoms with Gasteiger partial charge in [0.25, 0.3) is 5.91 Å². The molecule has 5 rings (SSSR count). The Kier molecular flexibility index (Phi) is 4.25. The number of imide groups is 1. The number of carbonyl (C=O) groups excluding carboxylic acids is 3. The maximum absolute atomic E-state index is 12.8. The van der Waals surface area contributed by atoms with Gasteiger partial charge in [0.1, 0.15) is 6.04 Å². The summed E-state index contributed by atoms with van der Waals surface area (Å²) in [4.78, 5) is 40.6. The molecule has 0 saturated carbocycles. The standard InChI is InChI=1S/C21H26N4O3/c26-18-5-4-17(19(27)23-18)25-12-15-10-14(2-3-16(15)20(25)28)11-24-9-1-6-21(24)7-8-22-13-21/h2-3,10,17,22H,1,4-9,11-13H2,(H,23,26,27). The molecule has 7 heteroatoms. The van der Waals surface area contributed by atoms with E-state index in [0.717, 1.165) is 31.7 Å². The van der Waals surface area contributed by atoms with Crippen molar-refractivity contribution in [2.45, 2.75) is 56.8 Å². The highest BCUT2D eigenvalue weighted by Crippen LogP contribution is 2.36. The zero-order valence-corrected chi connectivity index (χ0v) is 16.0. The van der Waals surface area contributed by atoms with Gasteiger partial charge in [0.15, 0.2) is 0 Å². The first-order valence-electron chi connectivity index (χ1n) is 10.3. The summed E-state index contributed by atoms with van der Waals surface area (Å²) in [6, 6.07) is 5.55. The third kappa shape index (κ3) is 2.84. The Bertz CT molecular complexity index is 841. The van der Waals surface area contributed by atoms with Crippen LogP contribution >= 0.6 is 0 Å². The fraction of sp³-hybridized carbons (Fsp3) is 0.571. The second kappa shape index (κ2) is 6.67. The van der Waals surface area contributed by atoms with Crippen molar-refractivity contribution in [2.75, 3.05) is 19.6 Å². The summed E-state index contributed by atoms with van der Waals surface area (Å²) in [5, 5.41) is 5.87. The van der Waals surface area contributed by atoms with Crippen LogP contribution in [0.3, 0.4) is 0 Å². The number of amides is 3. The number of nitrogens with one attached hydrogen (secondary N) is 2. The van der Waals surface area contributed by atoms with Crippen LogP contribution in [-0.4, -0.2) is 58.7 Å². The van der Waals surface area contributed by atoms with Crippen molar-refractivity contribution >= 4 is 17.7 Å². The van der Waals surface area contributed by atoms with E-state index in [1.165, 1.54) is 24.8 Å². The molecule has 148 valence electrons. The number of nitrogens with zero attached hydrogens (tertiary/aromatic N) is 2. The van der Waals surface area contributed by atoms with E-state index in [1.54, 1.807) is 4.90 Å². The van der Waals surface area contributed by atoms with Crippen LogP contribution in [0.1, 0.15) is 53.6 Å². The van der Waals surface area contributed by atoms with E-state index in [0.29, 0.717) is 24.1 Å². The van der Waals surface area contributed by atoms with E-state index >= 15 is 0 Å². The quantitative estimate of drug-likeness (QED) is 0.755. The second-order valence-corrected chi connectivity index (χ2v) is 8.57. The summed E-state index contributed by atoms with van der Waals surface area (Å²) in [6.07, 6.45) is 4.40. The molecule has 0 bridgehead atoms. The fourth-order valence-corrected chi connectivity index (χ4v) is 5.40. The molecule has 7 nitrogen and oxygen atoms in total. The van der Waals surface area contributed by atoms with Crippen LogP contribution in [-0.2, 0) is 22.7 Å². The zero-order chi connectivity index (χ0) is 19.3. The molecule has 1 spiro atoms. The number of fused-ring (bicyclic) bond motifs is 1. The number of benzene rings is 1. The Hall–Kier alpha value is -2.25. The number of likely N-dealkylation sites (tertiary alicyclic amines) is 1. The first kappa shape index (κ1) is 17.8. The molecule has 2 N–H and O–H groups in total. The average Bonchev–Trinajstić information content (AvgIpc) is 3.38. The molecule has 0 radical (unpaired) electrons. The SMILES string of the molecule is O=C1CCC(N2Cc3cc(CN4CCCC45CCNC5)ccc3C2=O)C(=O)N1. The van der Waals surface area contributed by atoms with Crippen molar-refractivity contribution in [2.24, 2.45) is 0 Å². The van der Waals surface area contributed by atoms with Gasteiger partial charge in [-0.3, -0.25) is 24.6 Å². The van der Waals surface area contributed by atoms with Gasteiger partial charge in [0.05, 0.1) is 0 Å². The normalized spacial score (nSPS) is 30.4. The third-order valence-electron chi connectivity index (χ3n) is 6.92. The topological polar surface area (TPSA) is 81.8 Å². The molecule has 0 aromatic heterocycles. The molecular formula is C21H26N4O3. The Balaban J connectivity index is 1.33. The molecule has 0 aliphatic carbocycles. The zero-order valence-electron chi connectivity index (χ0n) is 16.0. The van der Waals surface area contributed by atoms with Crippen LogP contribution in [0.15, 0.2) is 18.2 Å². The van der Waals surface area contributed by atoms with E-state index in [4.69, 9.17) is 0 Å². The maximum Gasteiger partial charge on any atom is 0.255 e. The molecule has 4 aliphatic rings. The van der Waals surface area contributed by atoms with Gasteiger partial charge in [-0.2, -0.15) is 0 Å². The lowest BCUT2D eigenvalue weighted by Gasteiger charge is -2.34. The van der Waals surface area contributed by atoms with E-state index in [2.05, 4.69) is 27.7 Å². The highest BCUT2D eigenvalue weighted by Gasteiger charge is 2.43. The molecule has 28 heavy (non-hydrogen) atoms. The monoisotopic (exact) mass is 382 g/mol. The summed E-state index contributed by atoms with van der Waals surface area (Å²) < 4.78 is 0. The van der Waals surface area contributed by atoms with Crippen molar-refractivity contribution in [1.82, 2.24) is 20.4 Å². The predicted octanol–water partition coefficient (Wildman–Crippen LogP) is 0.776. The van der Waals surface area contributed by atoms with Crippen molar-refractivity contribution in [3.8, 4) is 0 Å². The Labute approximate surface area is 164 Å². The molecule has 2 atom stereocenters. The second-order valence-electron chi connectivity index (χ2n) is 8.57. The summed E-state index contributed by atoms with van der Waals surface area (Å²) in [6.45, 7) is 4.64. The van der Waals surface area contributed by atoms with Crippen LogP contribution in [0.25, 0.3) is 0 Å². The van der Waals surface area contributed by atoms with Crippen LogP contribution in [0, 0.1) is 0 Å². The van der Waals surface area contributed by atoms with Gasteiger partial charge >= 0.3 is 0 Å². The van der Waals surface area contributed by atoms with Crippen LogP contribution in [0.2, 0.25) is 0 Å². The highest BCUT2D eigenvalue weighted by atomic mass is 16.2. The summed E-state index contributed by atoms with van der Waals surface area (Å²) in [7, 11) is 0. The number of hydrogen-bond acceptors (Lipinski definition) is 5. The third-order valence-corrected chi connectivity index (χ3v) is 6.92. The van der Waals surface area contributed by atoms with Crippen LogP contribution in [0.5, 0.6) is 0 Å². The number of carbonyl (C=O) groups is 3. The van der Waals surface area contributed by atoms with E-state index in [1.807, 2.05) is 6.07 Å². The van der Waals surface area contributed by atoms with Crippen molar-refractivity contribution in [1.29, 1.82) is 0 Å². The van der Waals surface area contributed by atoms with Crippen molar-refractivity contribution < 1.29 is 14.4 Å². The number of piperidine rings is 1. The molecule has 2 unspecified atom stereocenters. The van der Waals surface area contributed by atoms with E-state index in [9.17, 15) is 14.4 Å². The molecule has 1 aromatic carbocycles. The first-order valence-corrected chi connectivity index (χ1v) is 10.3. The molecule has 1 aromatic rings. The van der Waals surface area contributed by atoms with Gasteiger partial charge in [-0.15, -0.1) is 0 Å². The van der Waals surface area contributed by atoms with Gasteiger partial charge in [0.2, 0.25) is 11.8 Å². The van der Waals surface area contributed by atoms with Gasteiger partial charge in [-0.05, 0) is 56.0 Å². The van der Waals surface area contributed by atoms with E-state index in [-0.39, 0.29) is 24.1 Å². The minimum atomic E-state index is -0.549. The largest absolute Gasteiger partial charge is 0.322 e. The van der Waals surface area contributed by atoms with E-state index < -0.39 is 6.04 Å². The van der Waals surface area contributed by atoms with Crippen molar-refractivity contribution in [3.63, 3.8) is 0 Å². The predicted molar refractivity (Wildman–Crippen MR) is 102 cm³/mol. The summed E-state index contributed by atoms with van der Waals surface area (Å²) in [5.41, 5.74) is 3.20. The lowest BCUT2D eigenvalue weighted by atomic mass is 9.94. The molecule has 4 heterocycles. The lowest BCUT2D eigenvalue weighted by Crippen LogP contribution is -2.52. The number of hydrogen-bond donors (Lipinski definition) is 2. The fourth-order valence-electron chi connectivity index (χ4n) is 5.40. The Morgan fingerprint density at radius 2 is 2.07 bits per heavy atom. The smallest absolute Gasteiger partial charge is 0.255 e. The summed E-state index contributed by atoms with van der Waals surface area (Å²) in [5.74, 6) is -0.715. The van der Waals surface area contributed by atoms with Gasteiger partial charge in [0, 0.05) is 37.2 Å². The Morgan fingerprint density at radius 1 is 1.18 bits per heavy atom. The van der Waals surface area contributed by atoms with Gasteiger partial charge in [-0.25, -0.2) is 0 Å². The molecular weight excluding hydrogens is 356 g/mol. The average molecular weight is 382 g/mol. The molecule has 3 fully saturated rings. The minimum absolute atomic E-state index is 0.103. The van der Waals surface area contributed by atoms with Crippen LogP contribution < -0.4 is 10.6 Å². The number of rotatable bonds is 3. The highest BCUT2D eigenvalue weighted by molar-refractivity contribution is 6.05. The molecule has 3 amide bonds. The Morgan fingerprint density at radius 3 is 2.86 bits per heavy atom. The first-order chi connectivity index (χ1) is 13.6. The summed E-state index contributed by atoms with van der Waals surface area (Å²) >= 11 is 0. The molecule has 3 saturated heterocycles. The van der Waals surface area contributed by atoms with Gasteiger partial charge < -0.3 is 10.2 Å². The lowest BCUT2D eigenvalue weighted by molar-refractivity contribution is -0.136. The van der Waals surface area contributed by atoms with Crippen molar-refractivity contribution in [3.05, 3.63) is 34.9 Å². The van der Waals surface area contributed by atoms with Gasteiger partial charge in [-0.1, -0.05) is 12.1 Å². The van der Waals surface area contributed by atoms with Crippen LogP contribution in [0.4, 0.5) is 0 Å².